The second-order valence-electron chi connectivity index (χ2n) is 5.90. The summed E-state index contributed by atoms with van der Waals surface area (Å²) in [6.45, 7) is 4.21. The van der Waals surface area contributed by atoms with E-state index in [4.69, 9.17) is 21.1 Å². The summed E-state index contributed by atoms with van der Waals surface area (Å²) in [6, 6.07) is 7.27. The summed E-state index contributed by atoms with van der Waals surface area (Å²) >= 11 is 6.16. The van der Waals surface area contributed by atoms with E-state index in [1.165, 1.54) is 31.4 Å². The van der Waals surface area contributed by atoms with E-state index in [9.17, 15) is 14.0 Å². The van der Waals surface area contributed by atoms with E-state index < -0.39 is 11.7 Å². The second-order valence-corrected chi connectivity index (χ2v) is 6.31. The van der Waals surface area contributed by atoms with Crippen LogP contribution < -0.4 is 20.1 Å². The molecule has 0 atom stereocenters. The van der Waals surface area contributed by atoms with Crippen molar-refractivity contribution in [1.29, 1.82) is 0 Å². The first-order valence-corrected chi connectivity index (χ1v) is 9.08. The van der Waals surface area contributed by atoms with Crippen LogP contribution in [0, 0.1) is 12.7 Å². The maximum absolute atomic E-state index is 13.5. The molecule has 6 nitrogen and oxygen atoms in total. The first kappa shape index (κ1) is 21.5. The molecule has 150 valence electrons. The molecule has 2 aromatic rings. The Balaban J connectivity index is 1.91. The molecule has 0 aromatic heterocycles. The summed E-state index contributed by atoms with van der Waals surface area (Å²) < 4.78 is 24.2. The number of aryl methyl sites for hydroxylation is 1. The average Bonchev–Trinajstić information content (AvgIpc) is 2.68. The molecular formula is C20H22ClFN2O4. The molecule has 2 aromatic carbocycles. The lowest BCUT2D eigenvalue weighted by Gasteiger charge is -2.13. The molecule has 0 aliphatic carbocycles. The summed E-state index contributed by atoms with van der Waals surface area (Å²) in [7, 11) is 1.46. The highest BCUT2D eigenvalue weighted by atomic mass is 35.5. The SMILES string of the molecule is CCOc1c(Cl)cc(C(=O)NCCNC(=O)c2ccc(C)c(F)c2)cc1OC. The van der Waals surface area contributed by atoms with Gasteiger partial charge < -0.3 is 20.1 Å². The number of hydrogen-bond donors (Lipinski definition) is 2. The van der Waals surface area contributed by atoms with E-state index in [0.29, 0.717) is 29.2 Å². The van der Waals surface area contributed by atoms with Crippen molar-refractivity contribution < 1.29 is 23.5 Å². The molecule has 8 heteroatoms. The number of methoxy groups -OCH3 is 1. The van der Waals surface area contributed by atoms with Gasteiger partial charge in [0.05, 0.1) is 18.7 Å². The molecule has 2 N–H and O–H groups in total. The lowest BCUT2D eigenvalue weighted by atomic mass is 10.1. The van der Waals surface area contributed by atoms with Crippen molar-refractivity contribution in [2.75, 3.05) is 26.8 Å². The van der Waals surface area contributed by atoms with Crippen molar-refractivity contribution in [3.8, 4) is 11.5 Å². The van der Waals surface area contributed by atoms with Crippen molar-refractivity contribution >= 4 is 23.4 Å². The quantitative estimate of drug-likeness (QED) is 0.657. The Hall–Kier alpha value is -2.80. The zero-order valence-electron chi connectivity index (χ0n) is 15.9. The van der Waals surface area contributed by atoms with E-state index >= 15 is 0 Å². The minimum absolute atomic E-state index is 0.183. The van der Waals surface area contributed by atoms with Crippen molar-refractivity contribution in [2.24, 2.45) is 0 Å². The van der Waals surface area contributed by atoms with Gasteiger partial charge in [-0.3, -0.25) is 9.59 Å². The molecule has 0 aliphatic rings. The van der Waals surface area contributed by atoms with Crippen LogP contribution in [0.3, 0.4) is 0 Å². The number of amides is 2. The van der Waals surface area contributed by atoms with Gasteiger partial charge in [0.1, 0.15) is 5.82 Å². The van der Waals surface area contributed by atoms with E-state index in [1.54, 1.807) is 13.0 Å². The molecule has 0 saturated carbocycles. The summed E-state index contributed by atoms with van der Waals surface area (Å²) in [5.74, 6) is -0.505. The van der Waals surface area contributed by atoms with Gasteiger partial charge in [-0.1, -0.05) is 17.7 Å². The van der Waals surface area contributed by atoms with Crippen LogP contribution in [0.15, 0.2) is 30.3 Å². The van der Waals surface area contributed by atoms with Crippen molar-refractivity contribution in [3.05, 3.63) is 57.9 Å². The van der Waals surface area contributed by atoms with Gasteiger partial charge >= 0.3 is 0 Å². The van der Waals surface area contributed by atoms with Crippen LogP contribution in [0.4, 0.5) is 4.39 Å². The normalized spacial score (nSPS) is 10.3. The Kier molecular flexibility index (Phi) is 7.63. The minimum atomic E-state index is -0.442. The number of carbonyl (C=O) groups is 2. The van der Waals surface area contributed by atoms with Gasteiger partial charge in [0.25, 0.3) is 11.8 Å². The fraction of sp³-hybridized carbons (Fsp3) is 0.300. The Morgan fingerprint density at radius 2 is 1.71 bits per heavy atom. The maximum Gasteiger partial charge on any atom is 0.251 e. The van der Waals surface area contributed by atoms with E-state index in [1.807, 2.05) is 6.92 Å². The van der Waals surface area contributed by atoms with E-state index in [2.05, 4.69) is 10.6 Å². The molecule has 0 unspecified atom stereocenters. The fourth-order valence-electron chi connectivity index (χ4n) is 2.43. The second kappa shape index (κ2) is 9.94. The molecule has 0 aliphatic heterocycles. The molecule has 0 spiro atoms. The average molecular weight is 409 g/mol. The van der Waals surface area contributed by atoms with Gasteiger partial charge in [0.15, 0.2) is 11.5 Å². The Morgan fingerprint density at radius 1 is 1.07 bits per heavy atom. The molecule has 28 heavy (non-hydrogen) atoms. The largest absolute Gasteiger partial charge is 0.493 e. The predicted octanol–water partition coefficient (Wildman–Crippen LogP) is 3.35. The van der Waals surface area contributed by atoms with Crippen LogP contribution in [-0.2, 0) is 0 Å². The van der Waals surface area contributed by atoms with Gasteiger partial charge in [0.2, 0.25) is 0 Å². The number of rotatable bonds is 8. The Morgan fingerprint density at radius 3 is 2.29 bits per heavy atom. The van der Waals surface area contributed by atoms with Gasteiger partial charge in [-0.25, -0.2) is 4.39 Å². The van der Waals surface area contributed by atoms with Gasteiger partial charge in [-0.15, -0.1) is 0 Å². The van der Waals surface area contributed by atoms with Crippen LogP contribution in [-0.4, -0.2) is 38.6 Å². The van der Waals surface area contributed by atoms with Crippen LogP contribution >= 0.6 is 11.6 Å². The highest BCUT2D eigenvalue weighted by Crippen LogP contribution is 2.36. The Labute approximate surface area is 168 Å². The standard InChI is InChI=1S/C20H22ClFN2O4/c1-4-28-18-15(21)9-14(11-17(18)27-3)20(26)24-8-7-23-19(25)13-6-5-12(2)16(22)10-13/h5-6,9-11H,4,7-8H2,1-3H3,(H,23,25)(H,24,26). The fourth-order valence-corrected chi connectivity index (χ4v) is 2.69. The van der Waals surface area contributed by atoms with E-state index in [0.717, 1.165) is 0 Å². The third-order valence-electron chi connectivity index (χ3n) is 3.91. The number of halogens is 2. The number of hydrogen-bond acceptors (Lipinski definition) is 4. The van der Waals surface area contributed by atoms with Crippen molar-refractivity contribution in [3.63, 3.8) is 0 Å². The number of ether oxygens (including phenoxy) is 2. The predicted molar refractivity (Wildman–Crippen MR) is 105 cm³/mol. The highest BCUT2D eigenvalue weighted by molar-refractivity contribution is 6.32. The third kappa shape index (κ3) is 5.36. The lowest BCUT2D eigenvalue weighted by molar-refractivity contribution is 0.0927. The molecule has 0 heterocycles. The molecule has 0 bridgehead atoms. The summed E-state index contributed by atoms with van der Waals surface area (Å²) in [4.78, 5) is 24.3. The van der Waals surface area contributed by atoms with Crippen molar-refractivity contribution in [1.82, 2.24) is 10.6 Å². The van der Waals surface area contributed by atoms with Gasteiger partial charge in [-0.05, 0) is 43.7 Å². The zero-order chi connectivity index (χ0) is 20.7. The molecule has 0 fully saturated rings. The Bertz CT molecular complexity index is 874. The van der Waals surface area contributed by atoms with Gasteiger partial charge in [0, 0.05) is 24.2 Å². The summed E-state index contributed by atoms with van der Waals surface area (Å²) in [5.41, 5.74) is 0.989. The van der Waals surface area contributed by atoms with Crippen LogP contribution in [0.25, 0.3) is 0 Å². The monoisotopic (exact) mass is 408 g/mol. The zero-order valence-corrected chi connectivity index (χ0v) is 16.7. The third-order valence-corrected chi connectivity index (χ3v) is 4.19. The van der Waals surface area contributed by atoms with Crippen molar-refractivity contribution in [2.45, 2.75) is 13.8 Å². The topological polar surface area (TPSA) is 76.7 Å². The van der Waals surface area contributed by atoms with E-state index in [-0.39, 0.29) is 29.6 Å². The molecule has 0 radical (unpaired) electrons. The van der Waals surface area contributed by atoms with Crippen LogP contribution in [0.2, 0.25) is 5.02 Å². The minimum Gasteiger partial charge on any atom is -0.493 e. The molecule has 2 rings (SSSR count). The first-order chi connectivity index (χ1) is 13.4. The molecular weight excluding hydrogens is 387 g/mol. The number of benzene rings is 2. The maximum atomic E-state index is 13.5. The number of carbonyl (C=O) groups excluding carboxylic acids is 2. The highest BCUT2D eigenvalue weighted by Gasteiger charge is 2.15. The van der Waals surface area contributed by atoms with Crippen LogP contribution in [0.1, 0.15) is 33.2 Å². The smallest absolute Gasteiger partial charge is 0.251 e. The molecule has 2 amide bonds. The summed E-state index contributed by atoms with van der Waals surface area (Å²) in [5, 5.41) is 5.56. The molecule has 0 saturated heterocycles. The van der Waals surface area contributed by atoms with Crippen LogP contribution in [0.5, 0.6) is 11.5 Å². The number of nitrogens with one attached hydrogen (secondary N) is 2. The van der Waals surface area contributed by atoms with Gasteiger partial charge in [-0.2, -0.15) is 0 Å². The lowest BCUT2D eigenvalue weighted by Crippen LogP contribution is -2.34. The first-order valence-electron chi connectivity index (χ1n) is 8.70. The summed E-state index contributed by atoms with van der Waals surface area (Å²) in [6.07, 6.45) is 0.